The topological polar surface area (TPSA) is 73.4 Å². The fourth-order valence-corrected chi connectivity index (χ4v) is 3.29. The molecule has 1 aromatic heterocycles. The van der Waals surface area contributed by atoms with Gasteiger partial charge < -0.3 is 15.0 Å². The molecule has 2 N–H and O–H groups in total. The lowest BCUT2D eigenvalue weighted by atomic mass is 10.0. The van der Waals surface area contributed by atoms with Gasteiger partial charge in [-0.15, -0.1) is 0 Å². The van der Waals surface area contributed by atoms with Gasteiger partial charge >= 0.3 is 0 Å². The fourth-order valence-electron chi connectivity index (χ4n) is 3.29. The Bertz CT molecular complexity index is 723. The SMILES string of the molecule is CC(=O)c1c[nH]c(C(=O)N2CCCC2CC(O)c2ccccc2)c1. The van der Waals surface area contributed by atoms with Gasteiger partial charge in [0.05, 0.1) is 6.10 Å². The lowest BCUT2D eigenvalue weighted by Gasteiger charge is -2.26. The zero-order valence-corrected chi connectivity index (χ0v) is 13.7. The average Bonchev–Trinajstić information content (AvgIpc) is 3.24. The summed E-state index contributed by atoms with van der Waals surface area (Å²) in [7, 11) is 0. The third kappa shape index (κ3) is 3.41. The smallest absolute Gasteiger partial charge is 0.270 e. The summed E-state index contributed by atoms with van der Waals surface area (Å²) in [5, 5.41) is 10.4. The van der Waals surface area contributed by atoms with Crippen LogP contribution in [0.1, 0.15) is 58.7 Å². The maximum Gasteiger partial charge on any atom is 0.270 e. The first-order valence-corrected chi connectivity index (χ1v) is 8.29. The fraction of sp³-hybridized carbons (Fsp3) is 0.368. The molecule has 2 heterocycles. The molecule has 0 radical (unpaired) electrons. The molecule has 1 saturated heterocycles. The molecule has 1 aromatic carbocycles. The molecule has 2 aromatic rings. The number of likely N-dealkylation sites (tertiary alicyclic amines) is 1. The summed E-state index contributed by atoms with van der Waals surface area (Å²) in [6.07, 6.45) is 3.32. The number of carbonyl (C=O) groups excluding carboxylic acids is 2. The number of hydrogen-bond acceptors (Lipinski definition) is 3. The first-order valence-electron chi connectivity index (χ1n) is 8.29. The number of nitrogens with zero attached hydrogens (tertiary/aromatic N) is 1. The van der Waals surface area contributed by atoms with E-state index in [1.54, 1.807) is 12.3 Å². The Kier molecular flexibility index (Phi) is 4.81. The number of aromatic amines is 1. The highest BCUT2D eigenvalue weighted by Gasteiger charge is 2.31. The number of H-pyrrole nitrogens is 1. The van der Waals surface area contributed by atoms with Crippen LogP contribution in [0.2, 0.25) is 0 Å². The van der Waals surface area contributed by atoms with E-state index in [9.17, 15) is 14.7 Å². The highest BCUT2D eigenvalue weighted by molar-refractivity contribution is 5.99. The third-order valence-corrected chi connectivity index (χ3v) is 4.64. The second kappa shape index (κ2) is 7.01. The van der Waals surface area contributed by atoms with Crippen LogP contribution in [0.15, 0.2) is 42.6 Å². The summed E-state index contributed by atoms with van der Waals surface area (Å²) in [5.74, 6) is -0.173. The van der Waals surface area contributed by atoms with E-state index < -0.39 is 6.10 Å². The quantitative estimate of drug-likeness (QED) is 0.830. The second-order valence-electron chi connectivity index (χ2n) is 6.31. The van der Waals surface area contributed by atoms with Crippen molar-refractivity contribution in [1.29, 1.82) is 0 Å². The summed E-state index contributed by atoms with van der Waals surface area (Å²) < 4.78 is 0. The number of hydrogen-bond donors (Lipinski definition) is 2. The van der Waals surface area contributed by atoms with E-state index in [2.05, 4.69) is 4.98 Å². The molecule has 1 aliphatic heterocycles. The van der Waals surface area contributed by atoms with Crippen LogP contribution in [0.25, 0.3) is 0 Å². The van der Waals surface area contributed by atoms with Crippen molar-refractivity contribution in [2.24, 2.45) is 0 Å². The van der Waals surface area contributed by atoms with E-state index in [0.717, 1.165) is 18.4 Å². The molecule has 2 unspecified atom stereocenters. The van der Waals surface area contributed by atoms with E-state index in [-0.39, 0.29) is 17.7 Å². The summed E-state index contributed by atoms with van der Waals surface area (Å²) in [6.45, 7) is 2.16. The molecular formula is C19H22N2O3. The summed E-state index contributed by atoms with van der Waals surface area (Å²) in [6, 6.07) is 11.1. The highest BCUT2D eigenvalue weighted by Crippen LogP contribution is 2.28. The Hall–Kier alpha value is -2.40. The molecule has 24 heavy (non-hydrogen) atoms. The van der Waals surface area contributed by atoms with Crippen LogP contribution in [0, 0.1) is 0 Å². The number of ketones is 1. The van der Waals surface area contributed by atoms with Crippen molar-refractivity contribution in [3.8, 4) is 0 Å². The largest absolute Gasteiger partial charge is 0.388 e. The van der Waals surface area contributed by atoms with Gasteiger partial charge in [-0.3, -0.25) is 9.59 Å². The van der Waals surface area contributed by atoms with Crippen LogP contribution in [-0.4, -0.2) is 39.3 Å². The lowest BCUT2D eigenvalue weighted by Crippen LogP contribution is -2.36. The molecular weight excluding hydrogens is 304 g/mol. The number of Topliss-reactive ketones (excluding diaryl/α,β-unsaturated/α-hetero) is 1. The minimum atomic E-state index is -0.582. The molecule has 2 atom stereocenters. The molecule has 3 rings (SSSR count). The molecule has 1 amide bonds. The lowest BCUT2D eigenvalue weighted by molar-refractivity contribution is 0.0662. The standard InChI is InChI=1S/C19H22N2O3/c1-13(22)15-10-17(20-12-15)19(24)21-9-5-8-16(21)11-18(23)14-6-3-2-4-7-14/h2-4,6-7,10,12,16,18,20,23H,5,8-9,11H2,1H3. The monoisotopic (exact) mass is 326 g/mol. The second-order valence-corrected chi connectivity index (χ2v) is 6.31. The zero-order valence-electron chi connectivity index (χ0n) is 13.7. The zero-order chi connectivity index (χ0) is 17.1. The van der Waals surface area contributed by atoms with Gasteiger partial charge in [0.2, 0.25) is 0 Å². The number of nitrogens with one attached hydrogen (secondary N) is 1. The molecule has 1 aliphatic rings. The maximum atomic E-state index is 12.7. The molecule has 0 aliphatic carbocycles. The minimum Gasteiger partial charge on any atom is -0.388 e. The number of amides is 1. The normalized spacial score (nSPS) is 18.6. The van der Waals surface area contributed by atoms with E-state index in [0.29, 0.717) is 24.2 Å². The molecule has 5 nitrogen and oxygen atoms in total. The Morgan fingerprint density at radius 1 is 1.33 bits per heavy atom. The van der Waals surface area contributed by atoms with Crippen LogP contribution in [-0.2, 0) is 0 Å². The highest BCUT2D eigenvalue weighted by atomic mass is 16.3. The van der Waals surface area contributed by atoms with Gasteiger partial charge in [-0.25, -0.2) is 0 Å². The summed E-state index contributed by atoms with van der Waals surface area (Å²) >= 11 is 0. The summed E-state index contributed by atoms with van der Waals surface area (Å²) in [5.41, 5.74) is 1.82. The maximum absolute atomic E-state index is 12.7. The van der Waals surface area contributed by atoms with Gasteiger partial charge in [0.25, 0.3) is 5.91 Å². The van der Waals surface area contributed by atoms with Crippen molar-refractivity contribution in [2.45, 2.75) is 38.3 Å². The number of rotatable bonds is 5. The van der Waals surface area contributed by atoms with Crippen LogP contribution in [0.4, 0.5) is 0 Å². The average molecular weight is 326 g/mol. The van der Waals surface area contributed by atoms with Crippen LogP contribution >= 0.6 is 0 Å². The number of aromatic nitrogens is 1. The van der Waals surface area contributed by atoms with Crippen LogP contribution < -0.4 is 0 Å². The Balaban J connectivity index is 1.70. The predicted molar refractivity (Wildman–Crippen MR) is 90.9 cm³/mol. The minimum absolute atomic E-state index is 0.0109. The predicted octanol–water partition coefficient (Wildman–Crippen LogP) is 2.95. The molecule has 5 heteroatoms. The van der Waals surface area contributed by atoms with Crippen LogP contribution in [0.5, 0.6) is 0 Å². The first-order chi connectivity index (χ1) is 11.6. The summed E-state index contributed by atoms with van der Waals surface area (Å²) in [4.78, 5) is 28.8. The van der Waals surface area contributed by atoms with Gasteiger partial charge in [-0.1, -0.05) is 30.3 Å². The van der Waals surface area contributed by atoms with Gasteiger partial charge in [-0.2, -0.15) is 0 Å². The van der Waals surface area contributed by atoms with Crippen molar-refractivity contribution >= 4 is 11.7 Å². The molecule has 0 spiro atoms. The van der Waals surface area contributed by atoms with Crippen molar-refractivity contribution in [3.63, 3.8) is 0 Å². The Morgan fingerprint density at radius 3 is 2.75 bits per heavy atom. The van der Waals surface area contributed by atoms with Crippen molar-refractivity contribution in [1.82, 2.24) is 9.88 Å². The number of aliphatic hydroxyl groups is 1. The Labute approximate surface area is 141 Å². The third-order valence-electron chi connectivity index (χ3n) is 4.64. The van der Waals surface area contributed by atoms with E-state index in [4.69, 9.17) is 0 Å². The number of benzene rings is 1. The number of carbonyl (C=O) groups is 2. The molecule has 126 valence electrons. The van der Waals surface area contributed by atoms with Crippen LogP contribution in [0.3, 0.4) is 0 Å². The Morgan fingerprint density at radius 2 is 2.08 bits per heavy atom. The van der Waals surface area contributed by atoms with Gasteiger partial charge in [0.15, 0.2) is 5.78 Å². The molecule has 0 bridgehead atoms. The van der Waals surface area contributed by atoms with E-state index >= 15 is 0 Å². The first kappa shape index (κ1) is 16.5. The number of aliphatic hydroxyl groups excluding tert-OH is 1. The van der Waals surface area contributed by atoms with E-state index in [1.165, 1.54) is 6.92 Å². The van der Waals surface area contributed by atoms with E-state index in [1.807, 2.05) is 35.2 Å². The van der Waals surface area contributed by atoms with Crippen molar-refractivity contribution in [3.05, 3.63) is 59.4 Å². The molecule has 1 fully saturated rings. The van der Waals surface area contributed by atoms with Crippen molar-refractivity contribution in [2.75, 3.05) is 6.54 Å². The van der Waals surface area contributed by atoms with Crippen molar-refractivity contribution < 1.29 is 14.7 Å². The van der Waals surface area contributed by atoms with Gasteiger partial charge in [-0.05, 0) is 37.8 Å². The van der Waals surface area contributed by atoms with Gasteiger partial charge in [0, 0.05) is 24.3 Å². The van der Waals surface area contributed by atoms with Gasteiger partial charge in [0.1, 0.15) is 5.69 Å². The molecule has 0 saturated carbocycles.